The molecule has 0 N–H and O–H groups in total. The van der Waals surface area contributed by atoms with Crippen molar-refractivity contribution in [1.82, 2.24) is 4.57 Å². The van der Waals surface area contributed by atoms with E-state index in [2.05, 4.69) is 4.99 Å². The Morgan fingerprint density at radius 3 is 2.48 bits per heavy atom. The SMILES string of the molecule is CCOC(=O)C1=C(C)N=c2s/c(=C/c3cc(OC)c(OCc4ccccc4)cc3[N+](=O)[O-])c(=O)n2[C@@H]1c1ccccc1OC(C)C. The van der Waals surface area contributed by atoms with Crippen LogP contribution in [0, 0.1) is 10.1 Å². The highest BCUT2D eigenvalue weighted by Crippen LogP contribution is 2.37. The summed E-state index contributed by atoms with van der Waals surface area (Å²) >= 11 is 1.06. The Morgan fingerprint density at radius 1 is 1.09 bits per heavy atom. The predicted octanol–water partition coefficient (Wildman–Crippen LogP) is 5.08. The van der Waals surface area contributed by atoms with Crippen molar-refractivity contribution in [3.8, 4) is 17.2 Å². The average molecular weight is 644 g/mol. The minimum absolute atomic E-state index is 0.132. The van der Waals surface area contributed by atoms with Crippen LogP contribution in [0.1, 0.15) is 50.4 Å². The Kier molecular flexibility index (Phi) is 9.67. The fourth-order valence-corrected chi connectivity index (χ4v) is 6.18. The molecule has 0 saturated heterocycles. The third-order valence-corrected chi connectivity index (χ3v) is 8.11. The molecule has 0 spiro atoms. The summed E-state index contributed by atoms with van der Waals surface area (Å²) in [6, 6.07) is 18.4. The van der Waals surface area contributed by atoms with Gasteiger partial charge < -0.3 is 18.9 Å². The quantitative estimate of drug-likeness (QED) is 0.126. The van der Waals surface area contributed by atoms with Crippen LogP contribution >= 0.6 is 11.3 Å². The maximum atomic E-state index is 14.2. The van der Waals surface area contributed by atoms with Gasteiger partial charge in [0.15, 0.2) is 16.3 Å². The number of hydrogen-bond acceptors (Lipinski definition) is 10. The summed E-state index contributed by atoms with van der Waals surface area (Å²) < 4.78 is 24.5. The minimum Gasteiger partial charge on any atom is -0.493 e. The summed E-state index contributed by atoms with van der Waals surface area (Å²) in [5.41, 5.74) is 1.43. The lowest BCUT2D eigenvalue weighted by Gasteiger charge is -2.26. The maximum absolute atomic E-state index is 14.2. The van der Waals surface area contributed by atoms with Crippen molar-refractivity contribution < 1.29 is 28.7 Å². The predicted molar refractivity (Wildman–Crippen MR) is 173 cm³/mol. The molecule has 0 bridgehead atoms. The lowest BCUT2D eigenvalue weighted by Crippen LogP contribution is -2.40. The van der Waals surface area contributed by atoms with Gasteiger partial charge in [-0.3, -0.25) is 19.5 Å². The molecular formula is C34H33N3O8S. The third kappa shape index (κ3) is 6.57. The first-order valence-electron chi connectivity index (χ1n) is 14.6. The normalized spacial score (nSPS) is 14.5. The van der Waals surface area contributed by atoms with Crippen molar-refractivity contribution in [2.75, 3.05) is 13.7 Å². The Morgan fingerprint density at radius 2 is 1.80 bits per heavy atom. The van der Waals surface area contributed by atoms with Gasteiger partial charge in [-0.25, -0.2) is 9.79 Å². The number of thiazole rings is 1. The molecule has 0 unspecified atom stereocenters. The highest BCUT2D eigenvalue weighted by molar-refractivity contribution is 7.07. The summed E-state index contributed by atoms with van der Waals surface area (Å²) in [5.74, 6) is 0.348. The molecule has 1 atom stereocenters. The zero-order valence-corrected chi connectivity index (χ0v) is 26.8. The van der Waals surface area contributed by atoms with E-state index in [1.807, 2.05) is 50.2 Å². The average Bonchev–Trinajstić information content (AvgIpc) is 3.33. The minimum atomic E-state index is -0.911. The van der Waals surface area contributed by atoms with Gasteiger partial charge in [0.2, 0.25) is 0 Å². The van der Waals surface area contributed by atoms with E-state index in [0.29, 0.717) is 21.8 Å². The van der Waals surface area contributed by atoms with Gasteiger partial charge in [-0.1, -0.05) is 59.9 Å². The van der Waals surface area contributed by atoms with Crippen LogP contribution in [0.25, 0.3) is 6.08 Å². The Hall–Kier alpha value is -5.23. The second-order valence-corrected chi connectivity index (χ2v) is 11.6. The molecule has 46 heavy (non-hydrogen) atoms. The number of fused-ring (bicyclic) bond motifs is 1. The molecule has 12 heteroatoms. The molecule has 1 aliphatic heterocycles. The molecule has 0 amide bonds. The number of allylic oxidation sites excluding steroid dienone is 1. The van der Waals surface area contributed by atoms with Gasteiger partial charge in [-0.2, -0.15) is 0 Å². The lowest BCUT2D eigenvalue weighted by atomic mass is 9.95. The van der Waals surface area contributed by atoms with Crippen LogP contribution in [0.4, 0.5) is 5.69 Å². The number of rotatable bonds is 11. The molecule has 11 nitrogen and oxygen atoms in total. The van der Waals surface area contributed by atoms with Gasteiger partial charge >= 0.3 is 5.97 Å². The van der Waals surface area contributed by atoms with Gasteiger partial charge in [-0.15, -0.1) is 0 Å². The zero-order valence-electron chi connectivity index (χ0n) is 26.0. The van der Waals surface area contributed by atoms with Gasteiger partial charge in [0, 0.05) is 5.56 Å². The molecule has 1 aromatic heterocycles. The first-order valence-corrected chi connectivity index (χ1v) is 15.4. The lowest BCUT2D eigenvalue weighted by molar-refractivity contribution is -0.385. The molecule has 238 valence electrons. The number of aromatic nitrogens is 1. The molecule has 0 aliphatic carbocycles. The number of nitro benzene ring substituents is 1. The number of hydrogen-bond donors (Lipinski definition) is 0. The Bertz CT molecular complexity index is 2000. The zero-order chi connectivity index (χ0) is 33.0. The van der Waals surface area contributed by atoms with E-state index in [9.17, 15) is 19.7 Å². The summed E-state index contributed by atoms with van der Waals surface area (Å²) in [5, 5.41) is 12.2. The van der Waals surface area contributed by atoms with Crippen LogP contribution in [0.2, 0.25) is 0 Å². The summed E-state index contributed by atoms with van der Waals surface area (Å²) in [7, 11) is 1.44. The molecular weight excluding hydrogens is 610 g/mol. The van der Waals surface area contributed by atoms with Gasteiger partial charge in [0.1, 0.15) is 18.4 Å². The second kappa shape index (κ2) is 13.8. The molecule has 1 aliphatic rings. The first-order chi connectivity index (χ1) is 22.1. The van der Waals surface area contributed by atoms with Crippen LogP contribution in [-0.2, 0) is 16.1 Å². The van der Waals surface area contributed by atoms with E-state index < -0.39 is 22.5 Å². The van der Waals surface area contributed by atoms with Crippen molar-refractivity contribution in [3.05, 3.63) is 124 Å². The smallest absolute Gasteiger partial charge is 0.338 e. The topological polar surface area (TPSA) is 131 Å². The van der Waals surface area contributed by atoms with Gasteiger partial charge in [-0.05, 0) is 51.5 Å². The van der Waals surface area contributed by atoms with E-state index in [1.54, 1.807) is 32.0 Å². The largest absolute Gasteiger partial charge is 0.493 e. The van der Waals surface area contributed by atoms with Crippen LogP contribution < -0.4 is 29.1 Å². The number of methoxy groups -OCH3 is 1. The molecule has 2 heterocycles. The van der Waals surface area contributed by atoms with E-state index in [1.165, 1.54) is 29.9 Å². The van der Waals surface area contributed by atoms with Crippen LogP contribution in [0.5, 0.6) is 17.2 Å². The fraction of sp³-hybridized carbons (Fsp3) is 0.265. The molecule has 3 aromatic carbocycles. The number of benzene rings is 3. The Labute approximate surface area is 268 Å². The molecule has 5 rings (SSSR count). The first kappa shape index (κ1) is 32.2. The monoisotopic (exact) mass is 643 g/mol. The van der Waals surface area contributed by atoms with Crippen molar-refractivity contribution >= 4 is 29.1 Å². The standard InChI is InChI=1S/C34H33N3O8S/c1-6-43-33(39)30-21(4)35-34-36(31(30)24-14-10-11-15-26(24)45-20(2)3)32(38)29(46-34)17-23-16-27(42-5)28(18-25(23)37(40)41)44-19-22-12-8-7-9-13-22/h7-18,20,31H,6,19H2,1-5H3/b29-17+/t31-/m1/s1. The van der Waals surface area contributed by atoms with E-state index in [-0.39, 0.29) is 52.2 Å². The number of esters is 1. The molecule has 0 radical (unpaired) electrons. The van der Waals surface area contributed by atoms with Gasteiger partial charge in [0.25, 0.3) is 11.2 Å². The van der Waals surface area contributed by atoms with Crippen molar-refractivity contribution in [3.63, 3.8) is 0 Å². The summed E-state index contributed by atoms with van der Waals surface area (Å²) in [6.07, 6.45) is 1.26. The molecule has 0 saturated carbocycles. The van der Waals surface area contributed by atoms with Crippen LogP contribution in [0.15, 0.2) is 87.8 Å². The van der Waals surface area contributed by atoms with Crippen molar-refractivity contribution in [2.24, 2.45) is 4.99 Å². The molecule has 0 fully saturated rings. The van der Waals surface area contributed by atoms with E-state index >= 15 is 0 Å². The highest BCUT2D eigenvalue weighted by atomic mass is 32.1. The second-order valence-electron chi connectivity index (χ2n) is 10.6. The fourth-order valence-electron chi connectivity index (χ4n) is 5.14. The van der Waals surface area contributed by atoms with E-state index in [4.69, 9.17) is 18.9 Å². The third-order valence-electron chi connectivity index (χ3n) is 7.13. The Balaban J connectivity index is 1.67. The number of nitrogens with zero attached hydrogens (tertiary/aromatic N) is 3. The summed E-state index contributed by atoms with van der Waals surface area (Å²) in [4.78, 5) is 44.1. The van der Waals surface area contributed by atoms with Gasteiger partial charge in [0.05, 0.1) is 52.2 Å². The summed E-state index contributed by atoms with van der Waals surface area (Å²) in [6.45, 7) is 7.46. The van der Waals surface area contributed by atoms with E-state index in [0.717, 1.165) is 16.9 Å². The van der Waals surface area contributed by atoms with Crippen molar-refractivity contribution in [1.29, 1.82) is 0 Å². The molecule has 4 aromatic rings. The van der Waals surface area contributed by atoms with Crippen LogP contribution in [0.3, 0.4) is 0 Å². The highest BCUT2D eigenvalue weighted by Gasteiger charge is 2.35. The maximum Gasteiger partial charge on any atom is 0.338 e. The number of carbonyl (C=O) groups excluding carboxylic acids is 1. The number of para-hydroxylation sites is 1. The number of carbonyl (C=O) groups is 1. The van der Waals surface area contributed by atoms with Crippen LogP contribution in [-0.4, -0.2) is 35.3 Å². The number of nitro groups is 1. The number of ether oxygens (including phenoxy) is 4. The van der Waals surface area contributed by atoms with Crippen molar-refractivity contribution in [2.45, 2.75) is 46.4 Å².